The first-order valence-electron chi connectivity index (χ1n) is 6.29. The number of aryl methyl sites for hydroxylation is 1. The topological polar surface area (TPSA) is 74.3 Å². The summed E-state index contributed by atoms with van der Waals surface area (Å²) in [6.45, 7) is 3.54. The third-order valence-electron chi connectivity index (χ3n) is 3.20. The Morgan fingerprint density at radius 2 is 2.32 bits per heavy atom. The lowest BCUT2D eigenvalue weighted by Gasteiger charge is -2.35. The summed E-state index contributed by atoms with van der Waals surface area (Å²) >= 11 is 0. The number of carbonyl (C=O) groups excluding carboxylic acids is 2. The molecule has 2 heterocycles. The van der Waals surface area contributed by atoms with Crippen molar-refractivity contribution in [3.05, 3.63) is 29.6 Å². The zero-order valence-electron chi connectivity index (χ0n) is 11.1. The molecule has 0 bridgehead atoms. The van der Waals surface area contributed by atoms with E-state index in [-0.39, 0.29) is 11.8 Å². The Hall–Kier alpha value is -1.95. The number of hydrogen-bond donors (Lipinski definition) is 2. The molecule has 6 heteroatoms. The first kappa shape index (κ1) is 13.5. The van der Waals surface area contributed by atoms with Gasteiger partial charge < -0.3 is 15.5 Å². The van der Waals surface area contributed by atoms with Crippen LogP contribution in [-0.4, -0.2) is 54.4 Å². The van der Waals surface area contributed by atoms with Crippen molar-refractivity contribution in [2.45, 2.75) is 13.0 Å². The van der Waals surface area contributed by atoms with E-state index in [9.17, 15) is 9.59 Å². The minimum Gasteiger partial charge on any atom is -0.357 e. The molecule has 0 aromatic carbocycles. The van der Waals surface area contributed by atoms with E-state index in [2.05, 4.69) is 15.6 Å². The molecule has 0 spiro atoms. The highest BCUT2D eigenvalue weighted by Gasteiger charge is 2.31. The molecule has 1 aliphatic heterocycles. The average Bonchev–Trinajstić information content (AvgIpc) is 2.45. The highest BCUT2D eigenvalue weighted by molar-refractivity contribution is 5.97. The second-order valence-electron chi connectivity index (χ2n) is 4.52. The van der Waals surface area contributed by atoms with Crippen molar-refractivity contribution >= 4 is 11.8 Å². The van der Waals surface area contributed by atoms with E-state index in [0.29, 0.717) is 25.2 Å². The second-order valence-corrected chi connectivity index (χ2v) is 4.52. The molecular formula is C13H18N4O2. The van der Waals surface area contributed by atoms with Crippen molar-refractivity contribution < 1.29 is 9.59 Å². The number of rotatable bonds is 2. The summed E-state index contributed by atoms with van der Waals surface area (Å²) in [6.07, 6.45) is 1.61. The van der Waals surface area contributed by atoms with Crippen molar-refractivity contribution in [2.75, 3.05) is 26.7 Å². The minimum atomic E-state index is -0.459. The third-order valence-corrected chi connectivity index (χ3v) is 3.20. The van der Waals surface area contributed by atoms with Crippen LogP contribution in [0.3, 0.4) is 0 Å². The molecule has 2 N–H and O–H groups in total. The summed E-state index contributed by atoms with van der Waals surface area (Å²) < 4.78 is 0. The first-order chi connectivity index (χ1) is 9.13. The maximum absolute atomic E-state index is 12.5. The second kappa shape index (κ2) is 5.79. The van der Waals surface area contributed by atoms with Crippen LogP contribution in [-0.2, 0) is 4.79 Å². The fourth-order valence-corrected chi connectivity index (χ4v) is 2.19. The molecule has 1 aliphatic rings. The molecule has 2 amide bonds. The van der Waals surface area contributed by atoms with E-state index < -0.39 is 6.04 Å². The third kappa shape index (κ3) is 2.90. The summed E-state index contributed by atoms with van der Waals surface area (Å²) in [5.41, 5.74) is 1.36. The van der Waals surface area contributed by atoms with E-state index in [1.165, 1.54) is 0 Å². The van der Waals surface area contributed by atoms with Crippen molar-refractivity contribution in [3.63, 3.8) is 0 Å². The van der Waals surface area contributed by atoms with E-state index in [1.54, 1.807) is 30.3 Å². The Kier molecular flexibility index (Phi) is 4.11. The molecule has 1 atom stereocenters. The maximum Gasteiger partial charge on any atom is 0.254 e. The number of nitrogens with zero attached hydrogens (tertiary/aromatic N) is 2. The summed E-state index contributed by atoms with van der Waals surface area (Å²) in [5, 5.41) is 5.73. The van der Waals surface area contributed by atoms with Gasteiger partial charge in [-0.1, -0.05) is 0 Å². The molecule has 1 aromatic rings. The van der Waals surface area contributed by atoms with E-state index in [4.69, 9.17) is 0 Å². The normalized spacial score (nSPS) is 19.1. The van der Waals surface area contributed by atoms with Crippen LogP contribution in [0, 0.1) is 6.92 Å². The fraction of sp³-hybridized carbons (Fsp3) is 0.462. The van der Waals surface area contributed by atoms with Crippen LogP contribution in [0.2, 0.25) is 0 Å². The largest absolute Gasteiger partial charge is 0.357 e. The van der Waals surface area contributed by atoms with Gasteiger partial charge in [-0.25, -0.2) is 0 Å². The lowest BCUT2D eigenvalue weighted by Crippen LogP contribution is -2.59. The smallest absolute Gasteiger partial charge is 0.254 e. The van der Waals surface area contributed by atoms with Crippen LogP contribution in [0.1, 0.15) is 16.1 Å². The van der Waals surface area contributed by atoms with Gasteiger partial charge in [-0.2, -0.15) is 0 Å². The maximum atomic E-state index is 12.5. The number of pyridine rings is 1. The first-order valence-corrected chi connectivity index (χ1v) is 6.29. The van der Waals surface area contributed by atoms with Gasteiger partial charge in [0.1, 0.15) is 6.04 Å². The number of hydrogen-bond acceptors (Lipinski definition) is 4. The van der Waals surface area contributed by atoms with Crippen LogP contribution in [0.15, 0.2) is 18.3 Å². The number of likely N-dealkylation sites (N-methyl/N-ethyl adjacent to an activating group) is 1. The molecule has 2 rings (SSSR count). The van der Waals surface area contributed by atoms with E-state index >= 15 is 0 Å². The predicted octanol–water partition coefficient (Wildman–Crippen LogP) is -0.450. The van der Waals surface area contributed by atoms with Crippen molar-refractivity contribution in [1.29, 1.82) is 0 Å². The van der Waals surface area contributed by atoms with Gasteiger partial charge in [0.25, 0.3) is 5.91 Å². The number of carbonyl (C=O) groups is 2. The Bertz CT molecular complexity index is 489. The Labute approximate surface area is 112 Å². The SMILES string of the molecule is CNC(=O)C1CNCCN1C(=O)c1ccnc(C)c1. The molecular weight excluding hydrogens is 244 g/mol. The number of aromatic nitrogens is 1. The molecule has 1 fully saturated rings. The van der Waals surface area contributed by atoms with Gasteiger partial charge >= 0.3 is 0 Å². The summed E-state index contributed by atoms with van der Waals surface area (Å²) in [6, 6.07) is 2.96. The van der Waals surface area contributed by atoms with Crippen LogP contribution < -0.4 is 10.6 Å². The zero-order chi connectivity index (χ0) is 13.8. The fourth-order valence-electron chi connectivity index (χ4n) is 2.19. The molecule has 0 saturated carbocycles. The van der Waals surface area contributed by atoms with Crippen molar-refractivity contribution in [3.8, 4) is 0 Å². The number of piperazine rings is 1. The van der Waals surface area contributed by atoms with Gasteiger partial charge in [0, 0.05) is 44.1 Å². The van der Waals surface area contributed by atoms with Gasteiger partial charge in [0.15, 0.2) is 0 Å². The lowest BCUT2D eigenvalue weighted by molar-refractivity contribution is -0.125. The van der Waals surface area contributed by atoms with Crippen LogP contribution in [0.4, 0.5) is 0 Å². The predicted molar refractivity (Wildman–Crippen MR) is 70.7 cm³/mol. The molecule has 0 aliphatic carbocycles. The quantitative estimate of drug-likeness (QED) is 0.757. The van der Waals surface area contributed by atoms with E-state index in [1.807, 2.05) is 6.92 Å². The number of amides is 2. The number of nitrogens with one attached hydrogen (secondary N) is 2. The van der Waals surface area contributed by atoms with Crippen LogP contribution >= 0.6 is 0 Å². The monoisotopic (exact) mass is 262 g/mol. The highest BCUT2D eigenvalue weighted by Crippen LogP contribution is 2.11. The summed E-state index contributed by atoms with van der Waals surface area (Å²) in [5.74, 6) is -0.271. The standard InChI is InChI=1S/C13H18N4O2/c1-9-7-10(3-4-16-9)13(19)17-6-5-15-8-11(17)12(18)14-2/h3-4,7,11,15H,5-6,8H2,1-2H3,(H,14,18). The Balaban J connectivity index is 2.22. The van der Waals surface area contributed by atoms with Crippen molar-refractivity contribution in [1.82, 2.24) is 20.5 Å². The van der Waals surface area contributed by atoms with Crippen LogP contribution in [0.25, 0.3) is 0 Å². The zero-order valence-corrected chi connectivity index (χ0v) is 11.1. The summed E-state index contributed by atoms with van der Waals surface area (Å²) in [7, 11) is 1.58. The highest BCUT2D eigenvalue weighted by atomic mass is 16.2. The van der Waals surface area contributed by atoms with E-state index in [0.717, 1.165) is 5.69 Å². The molecule has 1 unspecified atom stereocenters. The molecule has 0 radical (unpaired) electrons. The molecule has 102 valence electrons. The average molecular weight is 262 g/mol. The van der Waals surface area contributed by atoms with Crippen molar-refractivity contribution in [2.24, 2.45) is 0 Å². The van der Waals surface area contributed by atoms with Crippen LogP contribution in [0.5, 0.6) is 0 Å². The molecule has 19 heavy (non-hydrogen) atoms. The van der Waals surface area contributed by atoms with Gasteiger partial charge in [-0.15, -0.1) is 0 Å². The molecule has 1 aromatic heterocycles. The summed E-state index contributed by atoms with van der Waals surface area (Å²) in [4.78, 5) is 30.0. The lowest BCUT2D eigenvalue weighted by atomic mass is 10.1. The Morgan fingerprint density at radius 3 is 3.00 bits per heavy atom. The van der Waals surface area contributed by atoms with Gasteiger partial charge in [-0.3, -0.25) is 14.6 Å². The molecule has 6 nitrogen and oxygen atoms in total. The minimum absolute atomic E-state index is 0.124. The van der Waals surface area contributed by atoms with Gasteiger partial charge in [0.05, 0.1) is 0 Å². The van der Waals surface area contributed by atoms with Gasteiger partial charge in [0.2, 0.25) is 5.91 Å². The molecule has 1 saturated heterocycles. The Morgan fingerprint density at radius 1 is 1.53 bits per heavy atom. The van der Waals surface area contributed by atoms with Gasteiger partial charge in [-0.05, 0) is 19.1 Å².